The fourth-order valence-electron chi connectivity index (χ4n) is 1.58. The van der Waals surface area contributed by atoms with Gasteiger partial charge in [-0.2, -0.15) is 0 Å². The van der Waals surface area contributed by atoms with Gasteiger partial charge >= 0.3 is 0 Å². The van der Waals surface area contributed by atoms with Gasteiger partial charge < -0.3 is 10.1 Å². The lowest BCUT2D eigenvalue weighted by atomic mass is 10.2. The van der Waals surface area contributed by atoms with Crippen LogP contribution in [-0.2, 0) is 11.3 Å². The maximum absolute atomic E-state index is 13.0. The van der Waals surface area contributed by atoms with Gasteiger partial charge in [0.1, 0.15) is 11.6 Å². The van der Waals surface area contributed by atoms with Gasteiger partial charge in [-0.15, -0.1) is 0 Å². The Balaban J connectivity index is 1.82. The van der Waals surface area contributed by atoms with Crippen molar-refractivity contribution in [1.29, 1.82) is 0 Å². The Kier molecular flexibility index (Phi) is 5.12. The molecule has 0 aliphatic carbocycles. The number of halogens is 2. The second-order valence-electron chi connectivity index (χ2n) is 4.13. The van der Waals surface area contributed by atoms with Gasteiger partial charge in [-0.25, -0.2) is 4.39 Å². The minimum Gasteiger partial charge on any atom is -0.482 e. The van der Waals surface area contributed by atoms with Crippen molar-refractivity contribution in [2.45, 2.75) is 6.54 Å². The van der Waals surface area contributed by atoms with E-state index in [0.29, 0.717) is 16.8 Å². The van der Waals surface area contributed by atoms with Crippen molar-refractivity contribution in [2.24, 2.45) is 0 Å². The van der Waals surface area contributed by atoms with E-state index in [1.54, 1.807) is 0 Å². The monoisotopic (exact) mass is 337 g/mol. The number of nitrogens with one attached hydrogen (secondary N) is 1. The lowest BCUT2D eigenvalue weighted by molar-refractivity contribution is -0.123. The number of amides is 1. The first-order valence-corrected chi connectivity index (χ1v) is 6.83. The van der Waals surface area contributed by atoms with E-state index in [1.807, 2.05) is 30.3 Å². The standard InChI is InChI=1S/C15H13BrFNO2/c16-13-7-6-12(17)8-14(13)20-10-15(19)18-9-11-4-2-1-3-5-11/h1-8H,9-10H2,(H,18,19). The number of hydrogen-bond donors (Lipinski definition) is 1. The van der Waals surface area contributed by atoms with Crippen LogP contribution in [0.3, 0.4) is 0 Å². The van der Waals surface area contributed by atoms with Crippen molar-refractivity contribution < 1.29 is 13.9 Å². The number of carbonyl (C=O) groups is 1. The average molecular weight is 338 g/mol. The molecule has 5 heteroatoms. The third kappa shape index (κ3) is 4.35. The maximum atomic E-state index is 13.0. The molecule has 0 fully saturated rings. The highest BCUT2D eigenvalue weighted by molar-refractivity contribution is 9.10. The van der Waals surface area contributed by atoms with Crippen LogP contribution in [0.5, 0.6) is 5.75 Å². The molecule has 104 valence electrons. The summed E-state index contributed by atoms with van der Waals surface area (Å²) in [4.78, 5) is 11.6. The number of rotatable bonds is 5. The molecule has 0 aromatic heterocycles. The van der Waals surface area contributed by atoms with Gasteiger partial charge in [-0.3, -0.25) is 4.79 Å². The van der Waals surface area contributed by atoms with Crippen LogP contribution in [0.25, 0.3) is 0 Å². The maximum Gasteiger partial charge on any atom is 0.258 e. The molecule has 0 unspecified atom stereocenters. The van der Waals surface area contributed by atoms with Crippen molar-refractivity contribution in [3.63, 3.8) is 0 Å². The molecule has 0 spiro atoms. The van der Waals surface area contributed by atoms with E-state index >= 15 is 0 Å². The van der Waals surface area contributed by atoms with Gasteiger partial charge in [0.15, 0.2) is 6.61 Å². The normalized spacial score (nSPS) is 10.1. The van der Waals surface area contributed by atoms with Crippen molar-refractivity contribution in [3.8, 4) is 5.75 Å². The number of hydrogen-bond acceptors (Lipinski definition) is 2. The number of carbonyl (C=O) groups excluding carboxylic acids is 1. The quantitative estimate of drug-likeness (QED) is 0.909. The van der Waals surface area contributed by atoms with E-state index < -0.39 is 5.82 Å². The Morgan fingerprint density at radius 3 is 2.70 bits per heavy atom. The molecule has 2 rings (SSSR count). The first-order chi connectivity index (χ1) is 9.65. The molecule has 0 saturated carbocycles. The molecule has 0 aliphatic rings. The molecule has 2 aromatic rings. The highest BCUT2D eigenvalue weighted by atomic mass is 79.9. The summed E-state index contributed by atoms with van der Waals surface area (Å²) >= 11 is 3.23. The summed E-state index contributed by atoms with van der Waals surface area (Å²) in [5.74, 6) is -0.363. The molecular formula is C15H13BrFNO2. The van der Waals surface area contributed by atoms with E-state index in [0.717, 1.165) is 5.56 Å². The summed E-state index contributed by atoms with van der Waals surface area (Å²) in [7, 11) is 0. The van der Waals surface area contributed by atoms with Crippen LogP contribution in [0.4, 0.5) is 4.39 Å². The molecule has 3 nitrogen and oxygen atoms in total. The van der Waals surface area contributed by atoms with Crippen molar-refractivity contribution in [3.05, 3.63) is 64.4 Å². The van der Waals surface area contributed by atoms with Crippen molar-refractivity contribution in [2.75, 3.05) is 6.61 Å². The van der Waals surface area contributed by atoms with E-state index in [4.69, 9.17) is 4.74 Å². The molecule has 2 aromatic carbocycles. The molecule has 0 aliphatic heterocycles. The molecule has 0 bridgehead atoms. The summed E-state index contributed by atoms with van der Waals surface area (Å²) in [5, 5.41) is 2.73. The van der Waals surface area contributed by atoms with Gasteiger partial charge in [0.25, 0.3) is 5.91 Å². The third-order valence-electron chi connectivity index (χ3n) is 2.58. The fourth-order valence-corrected chi connectivity index (χ4v) is 1.94. The molecule has 0 radical (unpaired) electrons. The lowest BCUT2D eigenvalue weighted by Gasteiger charge is -2.09. The second kappa shape index (κ2) is 7.05. The summed E-state index contributed by atoms with van der Waals surface area (Å²) in [5.41, 5.74) is 1.01. The molecule has 20 heavy (non-hydrogen) atoms. The Hall–Kier alpha value is -1.88. The Morgan fingerprint density at radius 1 is 1.20 bits per heavy atom. The Labute approximate surface area is 124 Å². The van der Waals surface area contributed by atoms with Crippen LogP contribution < -0.4 is 10.1 Å². The smallest absolute Gasteiger partial charge is 0.258 e. The first kappa shape index (κ1) is 14.5. The predicted molar refractivity (Wildman–Crippen MR) is 77.9 cm³/mol. The van der Waals surface area contributed by atoms with Gasteiger partial charge in [0.2, 0.25) is 0 Å². The van der Waals surface area contributed by atoms with E-state index in [1.165, 1.54) is 18.2 Å². The van der Waals surface area contributed by atoms with E-state index in [2.05, 4.69) is 21.2 Å². The van der Waals surface area contributed by atoms with Gasteiger partial charge in [0.05, 0.1) is 4.47 Å². The second-order valence-corrected chi connectivity index (χ2v) is 4.98. The molecule has 1 N–H and O–H groups in total. The largest absolute Gasteiger partial charge is 0.482 e. The molecule has 0 atom stereocenters. The van der Waals surface area contributed by atoms with E-state index in [9.17, 15) is 9.18 Å². The van der Waals surface area contributed by atoms with Crippen LogP contribution in [-0.4, -0.2) is 12.5 Å². The van der Waals surface area contributed by atoms with Crippen LogP contribution in [0, 0.1) is 5.82 Å². The van der Waals surface area contributed by atoms with Crippen molar-refractivity contribution >= 4 is 21.8 Å². The first-order valence-electron chi connectivity index (χ1n) is 6.03. The highest BCUT2D eigenvalue weighted by Crippen LogP contribution is 2.25. The summed E-state index contributed by atoms with van der Waals surface area (Å²) < 4.78 is 18.9. The molecule has 0 saturated heterocycles. The minimum absolute atomic E-state index is 0.158. The summed E-state index contributed by atoms with van der Waals surface area (Å²) in [6, 6.07) is 13.6. The fraction of sp³-hybridized carbons (Fsp3) is 0.133. The highest BCUT2D eigenvalue weighted by Gasteiger charge is 2.06. The number of ether oxygens (including phenoxy) is 1. The third-order valence-corrected chi connectivity index (χ3v) is 3.24. The zero-order valence-corrected chi connectivity index (χ0v) is 12.2. The zero-order chi connectivity index (χ0) is 14.4. The van der Waals surface area contributed by atoms with E-state index in [-0.39, 0.29) is 12.5 Å². The van der Waals surface area contributed by atoms with Crippen LogP contribution in [0.15, 0.2) is 53.0 Å². The van der Waals surface area contributed by atoms with Gasteiger partial charge in [-0.05, 0) is 33.6 Å². The summed E-state index contributed by atoms with van der Waals surface area (Å²) in [6.07, 6.45) is 0. The SMILES string of the molecule is O=C(COc1cc(F)ccc1Br)NCc1ccccc1. The van der Waals surface area contributed by atoms with Crippen LogP contribution in [0.1, 0.15) is 5.56 Å². The Bertz CT molecular complexity index is 590. The Morgan fingerprint density at radius 2 is 1.95 bits per heavy atom. The lowest BCUT2D eigenvalue weighted by Crippen LogP contribution is -2.28. The van der Waals surface area contributed by atoms with Crippen LogP contribution >= 0.6 is 15.9 Å². The minimum atomic E-state index is -0.409. The van der Waals surface area contributed by atoms with Gasteiger partial charge in [-0.1, -0.05) is 30.3 Å². The zero-order valence-electron chi connectivity index (χ0n) is 10.6. The predicted octanol–water partition coefficient (Wildman–Crippen LogP) is 3.28. The average Bonchev–Trinajstić information content (AvgIpc) is 2.47. The molecule has 0 heterocycles. The molecular weight excluding hydrogens is 325 g/mol. The number of benzene rings is 2. The van der Waals surface area contributed by atoms with Gasteiger partial charge in [0, 0.05) is 12.6 Å². The van der Waals surface area contributed by atoms with Crippen LogP contribution in [0.2, 0.25) is 0 Å². The topological polar surface area (TPSA) is 38.3 Å². The van der Waals surface area contributed by atoms with Crippen molar-refractivity contribution in [1.82, 2.24) is 5.32 Å². The summed E-state index contributed by atoms with van der Waals surface area (Å²) in [6.45, 7) is 0.280. The molecule has 1 amide bonds.